The number of benzene rings is 1. The van der Waals surface area contributed by atoms with Crippen LogP contribution in [0.4, 0.5) is 20.3 Å². The van der Waals surface area contributed by atoms with Gasteiger partial charge in [-0.15, -0.1) is 0 Å². The maximum absolute atomic E-state index is 12.0. The van der Waals surface area contributed by atoms with E-state index in [1.807, 2.05) is 31.1 Å². The van der Waals surface area contributed by atoms with Gasteiger partial charge < -0.3 is 15.0 Å². The van der Waals surface area contributed by atoms with Crippen LogP contribution in [0.5, 0.6) is 5.75 Å². The van der Waals surface area contributed by atoms with E-state index in [4.69, 9.17) is 0 Å². The molecule has 0 saturated carbocycles. The molecule has 0 bridgehead atoms. The molecule has 0 aliphatic heterocycles. The Hall–Kier alpha value is -2.37. The summed E-state index contributed by atoms with van der Waals surface area (Å²) in [6, 6.07) is 10.4. The first-order valence-electron chi connectivity index (χ1n) is 6.45. The molecule has 0 aliphatic rings. The van der Waals surface area contributed by atoms with Gasteiger partial charge in [0.25, 0.3) is 0 Å². The fourth-order valence-corrected chi connectivity index (χ4v) is 1.75. The molecule has 112 valence electrons. The van der Waals surface area contributed by atoms with Gasteiger partial charge in [0.1, 0.15) is 11.6 Å². The smallest absolute Gasteiger partial charge is 0.387 e. The highest BCUT2D eigenvalue weighted by Crippen LogP contribution is 2.16. The molecule has 6 heteroatoms. The predicted octanol–water partition coefficient (Wildman–Crippen LogP) is 3.36. The Morgan fingerprint density at radius 1 is 1.14 bits per heavy atom. The van der Waals surface area contributed by atoms with E-state index >= 15 is 0 Å². The van der Waals surface area contributed by atoms with Crippen molar-refractivity contribution in [3.05, 3.63) is 48.2 Å². The zero-order valence-corrected chi connectivity index (χ0v) is 11.9. The van der Waals surface area contributed by atoms with Crippen molar-refractivity contribution < 1.29 is 13.5 Å². The molecule has 0 fully saturated rings. The Balaban J connectivity index is 1.90. The lowest BCUT2D eigenvalue weighted by Crippen LogP contribution is -2.10. The minimum absolute atomic E-state index is 0.158. The molecule has 21 heavy (non-hydrogen) atoms. The number of rotatable bonds is 6. The fraction of sp³-hybridized carbons (Fsp3) is 0.267. The number of nitrogens with one attached hydrogen (secondary N) is 1. The van der Waals surface area contributed by atoms with Crippen LogP contribution in [0.1, 0.15) is 5.56 Å². The zero-order chi connectivity index (χ0) is 15.2. The van der Waals surface area contributed by atoms with E-state index in [-0.39, 0.29) is 5.75 Å². The van der Waals surface area contributed by atoms with Gasteiger partial charge in [-0.25, -0.2) is 4.98 Å². The Morgan fingerprint density at radius 3 is 2.38 bits per heavy atom. The lowest BCUT2D eigenvalue weighted by Gasteiger charge is -2.12. The topological polar surface area (TPSA) is 37.4 Å². The van der Waals surface area contributed by atoms with E-state index in [1.54, 1.807) is 18.3 Å². The third-order valence-electron chi connectivity index (χ3n) is 2.85. The number of hydrogen-bond acceptors (Lipinski definition) is 4. The van der Waals surface area contributed by atoms with Crippen molar-refractivity contribution in [3.8, 4) is 5.75 Å². The normalized spacial score (nSPS) is 10.5. The van der Waals surface area contributed by atoms with Crippen LogP contribution in [-0.4, -0.2) is 25.7 Å². The highest BCUT2D eigenvalue weighted by molar-refractivity contribution is 5.48. The van der Waals surface area contributed by atoms with Gasteiger partial charge in [-0.1, -0.05) is 12.1 Å². The van der Waals surface area contributed by atoms with E-state index in [0.717, 1.165) is 17.1 Å². The van der Waals surface area contributed by atoms with E-state index in [1.165, 1.54) is 12.1 Å². The summed E-state index contributed by atoms with van der Waals surface area (Å²) in [4.78, 5) is 6.22. The van der Waals surface area contributed by atoms with Crippen molar-refractivity contribution >= 4 is 11.5 Å². The molecule has 4 nitrogen and oxygen atoms in total. The van der Waals surface area contributed by atoms with Gasteiger partial charge >= 0.3 is 6.61 Å². The fourth-order valence-electron chi connectivity index (χ4n) is 1.75. The average Bonchev–Trinajstić information content (AvgIpc) is 2.46. The van der Waals surface area contributed by atoms with Gasteiger partial charge in [0, 0.05) is 20.6 Å². The lowest BCUT2D eigenvalue weighted by atomic mass is 10.2. The van der Waals surface area contributed by atoms with Crippen molar-refractivity contribution in [2.24, 2.45) is 0 Å². The Morgan fingerprint density at radius 2 is 1.86 bits per heavy atom. The Kier molecular flexibility index (Phi) is 4.92. The van der Waals surface area contributed by atoms with Gasteiger partial charge in [-0.3, -0.25) is 0 Å². The van der Waals surface area contributed by atoms with Crippen molar-refractivity contribution in [1.82, 2.24) is 4.98 Å². The third-order valence-corrected chi connectivity index (χ3v) is 2.85. The largest absolute Gasteiger partial charge is 0.435 e. The molecule has 0 unspecified atom stereocenters. The number of hydrogen-bond donors (Lipinski definition) is 1. The highest BCUT2D eigenvalue weighted by atomic mass is 19.3. The first kappa shape index (κ1) is 15.0. The van der Waals surface area contributed by atoms with E-state index in [2.05, 4.69) is 15.0 Å². The predicted molar refractivity (Wildman–Crippen MR) is 79.0 cm³/mol. The number of aromatic nitrogens is 1. The minimum atomic E-state index is -2.80. The lowest BCUT2D eigenvalue weighted by molar-refractivity contribution is -0.0498. The van der Waals surface area contributed by atoms with Crippen LogP contribution < -0.4 is 15.0 Å². The molecular formula is C15H17F2N3O. The van der Waals surface area contributed by atoms with Crippen LogP contribution in [0.2, 0.25) is 0 Å². The van der Waals surface area contributed by atoms with Crippen molar-refractivity contribution in [2.75, 3.05) is 24.3 Å². The Bertz CT molecular complexity index is 556. The summed E-state index contributed by atoms with van der Waals surface area (Å²) < 4.78 is 28.4. The van der Waals surface area contributed by atoms with Crippen LogP contribution in [0.15, 0.2) is 42.6 Å². The summed E-state index contributed by atoms with van der Waals surface area (Å²) in [5.41, 5.74) is 1.86. The monoisotopic (exact) mass is 293 g/mol. The summed E-state index contributed by atoms with van der Waals surface area (Å²) in [7, 11) is 3.86. The summed E-state index contributed by atoms with van der Waals surface area (Å²) >= 11 is 0. The molecule has 1 heterocycles. The van der Waals surface area contributed by atoms with Gasteiger partial charge in [0.15, 0.2) is 0 Å². The second kappa shape index (κ2) is 6.88. The summed E-state index contributed by atoms with van der Waals surface area (Å²) in [6.45, 7) is -2.21. The van der Waals surface area contributed by atoms with Crippen LogP contribution in [0, 0.1) is 0 Å². The van der Waals surface area contributed by atoms with Gasteiger partial charge in [-0.05, 0) is 29.8 Å². The van der Waals surface area contributed by atoms with E-state index in [0.29, 0.717) is 6.54 Å². The van der Waals surface area contributed by atoms with Gasteiger partial charge in [0.2, 0.25) is 0 Å². The zero-order valence-electron chi connectivity index (χ0n) is 11.9. The minimum Gasteiger partial charge on any atom is -0.435 e. The number of pyridine rings is 1. The molecule has 1 aromatic heterocycles. The summed E-state index contributed by atoms with van der Waals surface area (Å²) in [6.07, 6.45) is 1.75. The van der Waals surface area contributed by atoms with Crippen LogP contribution >= 0.6 is 0 Å². The molecule has 0 saturated heterocycles. The third kappa shape index (κ3) is 4.59. The number of anilines is 2. The molecule has 0 aliphatic carbocycles. The number of alkyl halides is 2. The first-order valence-corrected chi connectivity index (χ1v) is 6.45. The molecule has 0 atom stereocenters. The molecule has 1 N–H and O–H groups in total. The molecule has 0 amide bonds. The molecule has 0 spiro atoms. The molecule has 2 aromatic rings. The molecule has 2 rings (SSSR count). The van der Waals surface area contributed by atoms with E-state index < -0.39 is 6.61 Å². The standard InChI is InChI=1S/C15H17F2N3O/c1-20(2)14-8-5-12(10-19-14)18-9-11-3-6-13(7-4-11)21-15(16)17/h3-8,10,15,18H,9H2,1-2H3. The van der Waals surface area contributed by atoms with Crippen molar-refractivity contribution in [3.63, 3.8) is 0 Å². The molecule has 1 aromatic carbocycles. The number of nitrogens with zero attached hydrogens (tertiary/aromatic N) is 2. The van der Waals surface area contributed by atoms with E-state index in [9.17, 15) is 8.78 Å². The highest BCUT2D eigenvalue weighted by Gasteiger charge is 2.03. The van der Waals surface area contributed by atoms with Crippen molar-refractivity contribution in [1.29, 1.82) is 0 Å². The maximum Gasteiger partial charge on any atom is 0.387 e. The second-order valence-corrected chi connectivity index (χ2v) is 4.68. The van der Waals surface area contributed by atoms with Crippen LogP contribution in [-0.2, 0) is 6.54 Å². The van der Waals surface area contributed by atoms with Crippen LogP contribution in [0.25, 0.3) is 0 Å². The molecule has 0 radical (unpaired) electrons. The summed E-state index contributed by atoms with van der Waals surface area (Å²) in [5.74, 6) is 1.04. The maximum atomic E-state index is 12.0. The Labute approximate surface area is 122 Å². The van der Waals surface area contributed by atoms with Crippen LogP contribution in [0.3, 0.4) is 0 Å². The van der Waals surface area contributed by atoms with Crippen molar-refractivity contribution in [2.45, 2.75) is 13.2 Å². The first-order chi connectivity index (χ1) is 10.0. The van der Waals surface area contributed by atoms with Gasteiger partial charge in [0.05, 0.1) is 11.9 Å². The average molecular weight is 293 g/mol. The number of ether oxygens (including phenoxy) is 1. The second-order valence-electron chi connectivity index (χ2n) is 4.68. The van der Waals surface area contributed by atoms with Gasteiger partial charge in [-0.2, -0.15) is 8.78 Å². The molecular weight excluding hydrogens is 276 g/mol. The SMILES string of the molecule is CN(C)c1ccc(NCc2ccc(OC(F)F)cc2)cn1. The quantitative estimate of drug-likeness (QED) is 0.886. The summed E-state index contributed by atoms with van der Waals surface area (Å²) in [5, 5.41) is 3.22. The number of halogens is 2.